The number of benzene rings is 2. The number of nitrogens with two attached hydrogens (primary N) is 1. The summed E-state index contributed by atoms with van der Waals surface area (Å²) in [6.45, 7) is 4.85. The average molecular weight is 285 g/mol. The predicted molar refractivity (Wildman–Crippen MR) is 86.0 cm³/mol. The van der Waals surface area contributed by atoms with E-state index in [1.54, 1.807) is 0 Å². The van der Waals surface area contributed by atoms with E-state index in [2.05, 4.69) is 13.8 Å². The van der Waals surface area contributed by atoms with E-state index >= 15 is 0 Å². The molecule has 0 aliphatic carbocycles. The lowest BCUT2D eigenvalue weighted by atomic mass is 10.1. The van der Waals surface area contributed by atoms with E-state index in [9.17, 15) is 0 Å². The van der Waals surface area contributed by atoms with Crippen molar-refractivity contribution in [1.82, 2.24) is 0 Å². The highest BCUT2D eigenvalue weighted by atomic mass is 16.5. The van der Waals surface area contributed by atoms with Crippen molar-refractivity contribution in [2.45, 2.75) is 32.7 Å². The van der Waals surface area contributed by atoms with Crippen LogP contribution in [0.2, 0.25) is 0 Å². The van der Waals surface area contributed by atoms with Crippen LogP contribution in [0.5, 0.6) is 17.2 Å². The topological polar surface area (TPSA) is 44.5 Å². The molecule has 0 amide bonds. The Morgan fingerprint density at radius 3 is 2.24 bits per heavy atom. The molecule has 0 aromatic heterocycles. The molecule has 0 aliphatic rings. The van der Waals surface area contributed by atoms with E-state index in [0.717, 1.165) is 35.7 Å². The summed E-state index contributed by atoms with van der Waals surface area (Å²) < 4.78 is 11.6. The Morgan fingerprint density at radius 1 is 0.952 bits per heavy atom. The molecule has 21 heavy (non-hydrogen) atoms. The normalized spacial score (nSPS) is 12.0. The third-order valence-electron chi connectivity index (χ3n) is 3.29. The summed E-state index contributed by atoms with van der Waals surface area (Å²) in [4.78, 5) is 0. The van der Waals surface area contributed by atoms with Crippen LogP contribution >= 0.6 is 0 Å². The van der Waals surface area contributed by atoms with Gasteiger partial charge in [0.1, 0.15) is 5.75 Å². The second-order valence-electron chi connectivity index (χ2n) is 4.98. The van der Waals surface area contributed by atoms with Crippen molar-refractivity contribution in [2.75, 3.05) is 6.61 Å². The number of hydrogen-bond acceptors (Lipinski definition) is 3. The van der Waals surface area contributed by atoms with Crippen molar-refractivity contribution in [3.63, 3.8) is 0 Å². The number of hydrogen-bond donors (Lipinski definition) is 1. The van der Waals surface area contributed by atoms with Gasteiger partial charge in [0.25, 0.3) is 0 Å². The van der Waals surface area contributed by atoms with Gasteiger partial charge in [-0.3, -0.25) is 0 Å². The van der Waals surface area contributed by atoms with Crippen LogP contribution in [0.15, 0.2) is 48.5 Å². The fraction of sp³-hybridized carbons (Fsp3) is 0.333. The van der Waals surface area contributed by atoms with Crippen LogP contribution in [0.25, 0.3) is 0 Å². The molecule has 0 spiro atoms. The lowest BCUT2D eigenvalue weighted by Gasteiger charge is -2.13. The number of ether oxygens (including phenoxy) is 2. The quantitative estimate of drug-likeness (QED) is 0.803. The van der Waals surface area contributed by atoms with E-state index < -0.39 is 0 Å². The van der Waals surface area contributed by atoms with Gasteiger partial charge < -0.3 is 15.2 Å². The van der Waals surface area contributed by atoms with Crippen LogP contribution < -0.4 is 15.2 Å². The molecule has 3 nitrogen and oxygen atoms in total. The molecule has 0 radical (unpaired) electrons. The summed E-state index contributed by atoms with van der Waals surface area (Å²) in [5.74, 6) is 2.29. The van der Waals surface area contributed by atoms with Gasteiger partial charge in [-0.15, -0.1) is 0 Å². The van der Waals surface area contributed by atoms with Crippen molar-refractivity contribution < 1.29 is 9.47 Å². The van der Waals surface area contributed by atoms with E-state index in [4.69, 9.17) is 15.2 Å². The van der Waals surface area contributed by atoms with Crippen LogP contribution in [-0.2, 0) is 0 Å². The molecule has 1 unspecified atom stereocenters. The SMILES string of the molecule is CCCOc1ccccc1Oc1ccc(C(N)CC)cc1. The van der Waals surface area contributed by atoms with Gasteiger partial charge in [-0.25, -0.2) is 0 Å². The van der Waals surface area contributed by atoms with E-state index in [1.807, 2.05) is 48.5 Å². The third kappa shape index (κ3) is 4.23. The fourth-order valence-corrected chi connectivity index (χ4v) is 2.01. The summed E-state index contributed by atoms with van der Waals surface area (Å²) in [6, 6.07) is 15.7. The molecule has 0 bridgehead atoms. The number of para-hydroxylation sites is 2. The average Bonchev–Trinajstić information content (AvgIpc) is 2.54. The van der Waals surface area contributed by atoms with Gasteiger partial charge >= 0.3 is 0 Å². The van der Waals surface area contributed by atoms with E-state index in [1.165, 1.54) is 0 Å². The Morgan fingerprint density at radius 2 is 1.62 bits per heavy atom. The fourth-order valence-electron chi connectivity index (χ4n) is 2.01. The maximum absolute atomic E-state index is 6.02. The standard InChI is InChI=1S/C18H23NO2/c1-3-13-20-17-7-5-6-8-18(17)21-15-11-9-14(10-12-15)16(19)4-2/h5-12,16H,3-4,13,19H2,1-2H3. The minimum absolute atomic E-state index is 0.0826. The molecule has 2 N–H and O–H groups in total. The summed E-state index contributed by atoms with van der Waals surface area (Å²) in [7, 11) is 0. The van der Waals surface area contributed by atoms with Crippen molar-refractivity contribution in [1.29, 1.82) is 0 Å². The maximum Gasteiger partial charge on any atom is 0.169 e. The molecule has 2 rings (SSSR count). The van der Waals surface area contributed by atoms with Gasteiger partial charge in [0.05, 0.1) is 6.61 Å². The lowest BCUT2D eigenvalue weighted by molar-refractivity contribution is 0.302. The van der Waals surface area contributed by atoms with E-state index in [0.29, 0.717) is 6.61 Å². The van der Waals surface area contributed by atoms with Gasteiger partial charge in [0.15, 0.2) is 11.5 Å². The summed E-state index contributed by atoms with van der Waals surface area (Å²) in [5, 5.41) is 0. The zero-order valence-corrected chi connectivity index (χ0v) is 12.7. The zero-order chi connectivity index (χ0) is 15.1. The molecule has 1 atom stereocenters. The molecule has 0 saturated carbocycles. The van der Waals surface area contributed by atoms with Crippen LogP contribution in [0, 0.1) is 0 Å². The first-order chi connectivity index (χ1) is 10.2. The minimum Gasteiger partial charge on any atom is -0.490 e. The minimum atomic E-state index is 0.0826. The predicted octanol–water partition coefficient (Wildman–Crippen LogP) is 4.68. The van der Waals surface area contributed by atoms with Crippen molar-refractivity contribution >= 4 is 0 Å². The Balaban J connectivity index is 2.11. The molecular formula is C18H23NO2. The second kappa shape index (κ2) is 7.70. The Bertz CT molecular complexity index is 551. The van der Waals surface area contributed by atoms with Crippen LogP contribution in [0.1, 0.15) is 38.3 Å². The van der Waals surface area contributed by atoms with Crippen LogP contribution in [0.4, 0.5) is 0 Å². The highest BCUT2D eigenvalue weighted by Crippen LogP contribution is 2.31. The molecule has 0 saturated heterocycles. The first-order valence-corrected chi connectivity index (χ1v) is 7.49. The highest BCUT2D eigenvalue weighted by molar-refractivity contribution is 5.43. The first kappa shape index (κ1) is 15.4. The molecule has 2 aromatic rings. The molecule has 0 aliphatic heterocycles. The second-order valence-corrected chi connectivity index (χ2v) is 4.98. The first-order valence-electron chi connectivity index (χ1n) is 7.49. The smallest absolute Gasteiger partial charge is 0.169 e. The zero-order valence-electron chi connectivity index (χ0n) is 12.7. The third-order valence-corrected chi connectivity index (χ3v) is 3.29. The Kier molecular flexibility index (Phi) is 5.64. The van der Waals surface area contributed by atoms with Gasteiger partial charge in [0, 0.05) is 6.04 Å². The van der Waals surface area contributed by atoms with Crippen LogP contribution in [-0.4, -0.2) is 6.61 Å². The Labute approximate surface area is 126 Å². The van der Waals surface area contributed by atoms with Crippen molar-refractivity contribution in [3.8, 4) is 17.2 Å². The molecule has 0 fully saturated rings. The molecule has 112 valence electrons. The maximum atomic E-state index is 6.02. The van der Waals surface area contributed by atoms with Crippen molar-refractivity contribution in [2.24, 2.45) is 5.73 Å². The molecular weight excluding hydrogens is 262 g/mol. The summed E-state index contributed by atoms with van der Waals surface area (Å²) >= 11 is 0. The lowest BCUT2D eigenvalue weighted by Crippen LogP contribution is -2.08. The van der Waals surface area contributed by atoms with Gasteiger partial charge in [-0.05, 0) is 42.7 Å². The van der Waals surface area contributed by atoms with E-state index in [-0.39, 0.29) is 6.04 Å². The van der Waals surface area contributed by atoms with Gasteiger partial charge in [-0.1, -0.05) is 38.1 Å². The molecule has 0 heterocycles. The van der Waals surface area contributed by atoms with Crippen molar-refractivity contribution in [3.05, 3.63) is 54.1 Å². The van der Waals surface area contributed by atoms with Gasteiger partial charge in [-0.2, -0.15) is 0 Å². The molecule has 3 heteroatoms. The number of rotatable bonds is 7. The summed E-state index contributed by atoms with van der Waals surface area (Å²) in [6.07, 6.45) is 1.89. The molecule has 2 aromatic carbocycles. The summed E-state index contributed by atoms with van der Waals surface area (Å²) in [5.41, 5.74) is 7.14. The monoisotopic (exact) mass is 285 g/mol. The highest BCUT2D eigenvalue weighted by Gasteiger charge is 2.07. The van der Waals surface area contributed by atoms with Gasteiger partial charge in [0.2, 0.25) is 0 Å². The Hall–Kier alpha value is -2.00. The largest absolute Gasteiger partial charge is 0.490 e. The van der Waals surface area contributed by atoms with Crippen LogP contribution in [0.3, 0.4) is 0 Å².